The van der Waals surface area contributed by atoms with Gasteiger partial charge in [-0.3, -0.25) is 0 Å². The Hall–Kier alpha value is -1.44. The van der Waals surface area contributed by atoms with E-state index in [4.69, 9.17) is 27.9 Å². The van der Waals surface area contributed by atoms with E-state index >= 15 is 0 Å². The van der Waals surface area contributed by atoms with Crippen LogP contribution in [0, 0.1) is 0 Å². The lowest BCUT2D eigenvalue weighted by Gasteiger charge is -2.25. The van der Waals surface area contributed by atoms with Gasteiger partial charge in [0.1, 0.15) is 10.3 Å². The van der Waals surface area contributed by atoms with Crippen LogP contribution in [0.3, 0.4) is 0 Å². The summed E-state index contributed by atoms with van der Waals surface area (Å²) < 4.78 is 7.75. The molecule has 0 radical (unpaired) electrons. The molecule has 4 heterocycles. The zero-order valence-electron chi connectivity index (χ0n) is 10.3. The number of fused-ring (bicyclic) bond motifs is 3. The van der Waals surface area contributed by atoms with Crippen molar-refractivity contribution in [3.8, 4) is 0 Å². The number of hydrogen-bond donors (Lipinski definition) is 0. The second kappa shape index (κ2) is 4.54. The smallest absolute Gasteiger partial charge is 0.228 e. The molecule has 1 fully saturated rings. The minimum Gasteiger partial charge on any atom is -0.368 e. The molecule has 9 heteroatoms. The van der Waals surface area contributed by atoms with Gasteiger partial charge in [0.25, 0.3) is 0 Å². The number of rotatable bonds is 1. The van der Waals surface area contributed by atoms with Crippen molar-refractivity contribution in [1.29, 1.82) is 0 Å². The van der Waals surface area contributed by atoms with Crippen molar-refractivity contribution in [3.63, 3.8) is 0 Å². The maximum atomic E-state index is 5.92. The van der Waals surface area contributed by atoms with Crippen LogP contribution >= 0.6 is 23.2 Å². The highest BCUT2D eigenvalue weighted by Gasteiger charge is 2.40. The summed E-state index contributed by atoms with van der Waals surface area (Å²) in [6.45, 7) is 1.90. The summed E-state index contributed by atoms with van der Waals surface area (Å²) in [6, 6.07) is 1.63. The minimum absolute atomic E-state index is 0.0468. The zero-order valence-corrected chi connectivity index (χ0v) is 11.8. The lowest BCUT2D eigenvalue weighted by molar-refractivity contribution is -0.00255. The third-order valence-corrected chi connectivity index (χ3v) is 3.97. The summed E-state index contributed by atoms with van der Waals surface area (Å²) in [5.41, 5.74) is 0.984. The van der Waals surface area contributed by atoms with Crippen molar-refractivity contribution in [3.05, 3.63) is 28.3 Å². The predicted octanol–water partition coefficient (Wildman–Crippen LogP) is 1.33. The molecule has 0 aliphatic carbocycles. The molecule has 4 rings (SSSR count). The van der Waals surface area contributed by atoms with Gasteiger partial charge in [-0.25, -0.2) is 14.6 Å². The maximum absolute atomic E-state index is 5.92. The van der Waals surface area contributed by atoms with E-state index in [1.807, 2.05) is 9.58 Å². The molecule has 2 aliphatic rings. The largest absolute Gasteiger partial charge is 0.368 e. The first-order valence-electron chi connectivity index (χ1n) is 6.16. The summed E-state index contributed by atoms with van der Waals surface area (Å²) in [5, 5.41) is 8.72. The maximum Gasteiger partial charge on any atom is 0.228 e. The van der Waals surface area contributed by atoms with Gasteiger partial charge >= 0.3 is 0 Å². The van der Waals surface area contributed by atoms with Gasteiger partial charge in [-0.1, -0.05) is 28.4 Å². The zero-order chi connectivity index (χ0) is 13.7. The molecule has 0 saturated carbocycles. The summed E-state index contributed by atoms with van der Waals surface area (Å²) in [4.78, 5) is 10.4. The number of ether oxygens (including phenoxy) is 1. The van der Waals surface area contributed by atoms with E-state index in [1.54, 1.807) is 6.20 Å². The molecule has 0 amide bonds. The monoisotopic (exact) mass is 312 g/mol. The fourth-order valence-electron chi connectivity index (χ4n) is 2.68. The Bertz CT molecular complexity index is 642. The van der Waals surface area contributed by atoms with Gasteiger partial charge in [-0.15, -0.1) is 5.10 Å². The number of hydrogen-bond acceptors (Lipinski definition) is 6. The molecule has 0 aromatic carbocycles. The highest BCUT2D eigenvalue weighted by molar-refractivity contribution is 6.33. The fraction of sp³-hybridized carbons (Fsp3) is 0.455. The van der Waals surface area contributed by atoms with Crippen LogP contribution in [0.25, 0.3) is 0 Å². The molecule has 0 bridgehead atoms. The van der Waals surface area contributed by atoms with Crippen molar-refractivity contribution in [1.82, 2.24) is 25.0 Å². The Kier molecular flexibility index (Phi) is 2.80. The van der Waals surface area contributed by atoms with Gasteiger partial charge in [0, 0.05) is 19.2 Å². The van der Waals surface area contributed by atoms with Crippen LogP contribution in [0.2, 0.25) is 10.3 Å². The van der Waals surface area contributed by atoms with Gasteiger partial charge in [-0.2, -0.15) is 0 Å². The average molecular weight is 313 g/mol. The van der Waals surface area contributed by atoms with Crippen LogP contribution in [0.4, 0.5) is 5.95 Å². The molecule has 0 N–H and O–H groups in total. The standard InChI is InChI=1S/C11H10Cl2N6O/c12-9-1-10(13)16-11(15-9)18-3-7-8(4-18)20-5-6-2-14-17-19(6)7/h1-2,7-8H,3-5H2/t7-,8-/m1/s1. The third-order valence-electron chi connectivity index (χ3n) is 3.58. The Labute approximate surface area is 124 Å². The number of anilines is 1. The van der Waals surface area contributed by atoms with E-state index < -0.39 is 0 Å². The second-order valence-corrected chi connectivity index (χ2v) is 5.58. The second-order valence-electron chi connectivity index (χ2n) is 4.81. The van der Waals surface area contributed by atoms with Gasteiger partial charge in [-0.05, 0) is 0 Å². The van der Waals surface area contributed by atoms with Crippen LogP contribution in [0.1, 0.15) is 11.7 Å². The van der Waals surface area contributed by atoms with Crippen LogP contribution in [-0.2, 0) is 11.3 Å². The predicted molar refractivity (Wildman–Crippen MR) is 71.9 cm³/mol. The highest BCUT2D eigenvalue weighted by Crippen LogP contribution is 2.32. The average Bonchev–Trinajstić information content (AvgIpc) is 3.03. The van der Waals surface area contributed by atoms with Crippen molar-refractivity contribution >= 4 is 29.2 Å². The molecular formula is C11H10Cl2N6O. The Morgan fingerprint density at radius 3 is 2.80 bits per heavy atom. The lowest BCUT2D eigenvalue weighted by Crippen LogP contribution is -2.32. The Morgan fingerprint density at radius 2 is 2.00 bits per heavy atom. The number of aromatic nitrogens is 5. The topological polar surface area (TPSA) is 69.0 Å². The van der Waals surface area contributed by atoms with Crippen LogP contribution in [0.5, 0.6) is 0 Å². The molecule has 2 atom stereocenters. The molecule has 2 aromatic heterocycles. The molecule has 7 nitrogen and oxygen atoms in total. The molecule has 1 saturated heterocycles. The van der Waals surface area contributed by atoms with Crippen LogP contribution in [0.15, 0.2) is 12.3 Å². The molecule has 2 aromatic rings. The van der Waals surface area contributed by atoms with Crippen molar-refractivity contribution < 1.29 is 4.74 Å². The van der Waals surface area contributed by atoms with Gasteiger partial charge < -0.3 is 9.64 Å². The van der Waals surface area contributed by atoms with Crippen LogP contribution in [-0.4, -0.2) is 44.2 Å². The molecule has 104 valence electrons. The van der Waals surface area contributed by atoms with Crippen molar-refractivity contribution in [2.45, 2.75) is 18.8 Å². The first-order chi connectivity index (χ1) is 9.70. The summed E-state index contributed by atoms with van der Waals surface area (Å²) in [6.07, 6.45) is 1.77. The fourth-order valence-corrected chi connectivity index (χ4v) is 3.09. The van der Waals surface area contributed by atoms with E-state index in [0.29, 0.717) is 36.0 Å². The summed E-state index contributed by atoms with van der Waals surface area (Å²) >= 11 is 11.8. The third kappa shape index (κ3) is 1.93. The molecule has 0 unspecified atom stereocenters. The lowest BCUT2D eigenvalue weighted by atomic mass is 10.2. The van der Waals surface area contributed by atoms with E-state index in [-0.39, 0.29) is 12.1 Å². The van der Waals surface area contributed by atoms with Gasteiger partial charge in [0.05, 0.1) is 30.6 Å². The molecule has 20 heavy (non-hydrogen) atoms. The van der Waals surface area contributed by atoms with Crippen LogP contribution < -0.4 is 4.90 Å². The van der Waals surface area contributed by atoms with E-state index in [0.717, 1.165) is 5.69 Å². The summed E-state index contributed by atoms with van der Waals surface area (Å²) in [7, 11) is 0. The first kappa shape index (κ1) is 12.3. The minimum atomic E-state index is 0.0468. The Morgan fingerprint density at radius 1 is 1.20 bits per heavy atom. The van der Waals surface area contributed by atoms with E-state index in [2.05, 4.69) is 20.3 Å². The normalized spacial score (nSPS) is 24.6. The Balaban J connectivity index is 1.65. The number of halogens is 2. The van der Waals surface area contributed by atoms with Gasteiger partial charge in [0.2, 0.25) is 5.95 Å². The van der Waals surface area contributed by atoms with Crippen molar-refractivity contribution in [2.75, 3.05) is 18.0 Å². The van der Waals surface area contributed by atoms with Gasteiger partial charge in [0.15, 0.2) is 0 Å². The molecular weight excluding hydrogens is 303 g/mol. The van der Waals surface area contributed by atoms with E-state index in [9.17, 15) is 0 Å². The molecule has 0 spiro atoms. The molecule has 2 aliphatic heterocycles. The van der Waals surface area contributed by atoms with Crippen molar-refractivity contribution in [2.24, 2.45) is 0 Å². The quantitative estimate of drug-likeness (QED) is 0.740. The first-order valence-corrected chi connectivity index (χ1v) is 6.92. The SMILES string of the molecule is Clc1cc(Cl)nc(N2C[C@@H]3[C@@H](C2)OCc2cnnn23)n1. The highest BCUT2D eigenvalue weighted by atomic mass is 35.5. The summed E-state index contributed by atoms with van der Waals surface area (Å²) in [5.74, 6) is 0.516. The number of nitrogens with zero attached hydrogens (tertiary/aromatic N) is 6. The van der Waals surface area contributed by atoms with E-state index in [1.165, 1.54) is 6.07 Å².